The van der Waals surface area contributed by atoms with E-state index >= 15 is 0 Å². The first-order valence-corrected chi connectivity index (χ1v) is 10.4. The van der Waals surface area contributed by atoms with Crippen molar-refractivity contribution in [3.8, 4) is 0 Å². The molecule has 0 saturated heterocycles. The fraction of sp³-hybridized carbons (Fsp3) is 0.524. The highest BCUT2D eigenvalue weighted by Gasteiger charge is 2.50. The second-order valence-electron chi connectivity index (χ2n) is 8.78. The number of H-pyrrole nitrogens is 1. The lowest BCUT2D eigenvalue weighted by Gasteiger charge is -2.32. The van der Waals surface area contributed by atoms with Crippen LogP contribution >= 0.6 is 0 Å². The normalized spacial score (nSPS) is 21.9. The summed E-state index contributed by atoms with van der Waals surface area (Å²) in [5.74, 6) is -0.0261. The predicted molar refractivity (Wildman–Crippen MR) is 108 cm³/mol. The van der Waals surface area contributed by atoms with Gasteiger partial charge in [-0.05, 0) is 51.2 Å². The summed E-state index contributed by atoms with van der Waals surface area (Å²) in [5.41, 5.74) is -0.0928. The maximum atomic E-state index is 12.6. The lowest BCUT2D eigenvalue weighted by molar-refractivity contribution is -0.137. The summed E-state index contributed by atoms with van der Waals surface area (Å²) in [6.45, 7) is 1.98. The molecule has 0 radical (unpaired) electrons. The van der Waals surface area contributed by atoms with Gasteiger partial charge in [-0.2, -0.15) is 18.3 Å². The van der Waals surface area contributed by atoms with E-state index in [-0.39, 0.29) is 29.6 Å². The van der Waals surface area contributed by atoms with E-state index in [4.69, 9.17) is 0 Å². The number of rotatable bonds is 6. The van der Waals surface area contributed by atoms with Gasteiger partial charge in [0, 0.05) is 41.1 Å². The number of carbonyl (C=O) groups is 2. The Morgan fingerprint density at radius 2 is 2.06 bits per heavy atom. The van der Waals surface area contributed by atoms with Crippen molar-refractivity contribution < 1.29 is 27.9 Å². The zero-order valence-corrected chi connectivity index (χ0v) is 17.4. The van der Waals surface area contributed by atoms with Gasteiger partial charge >= 0.3 is 12.3 Å². The molecule has 2 saturated carbocycles. The molecule has 2 heterocycles. The van der Waals surface area contributed by atoms with E-state index < -0.39 is 23.7 Å². The van der Waals surface area contributed by atoms with Crippen molar-refractivity contribution >= 4 is 17.8 Å². The van der Waals surface area contributed by atoms with Crippen molar-refractivity contribution in [2.24, 2.45) is 0 Å². The van der Waals surface area contributed by atoms with Crippen LogP contribution < -0.4 is 5.32 Å². The van der Waals surface area contributed by atoms with E-state index in [2.05, 4.69) is 20.5 Å². The third kappa shape index (κ3) is 4.71. The van der Waals surface area contributed by atoms with Crippen LogP contribution in [0.25, 0.3) is 0 Å². The van der Waals surface area contributed by atoms with Crippen LogP contribution in [0.2, 0.25) is 0 Å². The van der Waals surface area contributed by atoms with Crippen molar-refractivity contribution in [3.63, 3.8) is 0 Å². The minimum Gasteiger partial charge on any atom is -0.465 e. The minimum atomic E-state index is -4.48. The summed E-state index contributed by atoms with van der Waals surface area (Å²) < 4.78 is 37.8. The molecule has 32 heavy (non-hydrogen) atoms. The second-order valence-corrected chi connectivity index (χ2v) is 8.78. The first-order chi connectivity index (χ1) is 15.0. The molecule has 0 aromatic carbocycles. The highest BCUT2D eigenvalue weighted by atomic mass is 19.4. The number of halogens is 3. The molecule has 2 amide bonds. The highest BCUT2D eigenvalue weighted by molar-refractivity contribution is 5.91. The molecule has 0 spiro atoms. The van der Waals surface area contributed by atoms with Gasteiger partial charge in [0.25, 0.3) is 0 Å². The van der Waals surface area contributed by atoms with Crippen LogP contribution in [0.3, 0.4) is 0 Å². The molecule has 11 heteroatoms. The van der Waals surface area contributed by atoms with Gasteiger partial charge in [0.1, 0.15) is 0 Å². The van der Waals surface area contributed by atoms with E-state index in [1.165, 1.54) is 6.07 Å². The Labute approximate surface area is 182 Å². The van der Waals surface area contributed by atoms with E-state index in [9.17, 15) is 27.9 Å². The molecule has 2 aromatic rings. The molecular weight excluding hydrogens is 427 g/mol. The molecule has 2 fully saturated rings. The average molecular weight is 451 g/mol. The predicted octanol–water partition coefficient (Wildman–Crippen LogP) is 4.17. The number of carbonyl (C=O) groups excluding carboxylic acids is 1. The Bertz CT molecular complexity index is 1000. The Balaban J connectivity index is 1.33. The zero-order valence-electron chi connectivity index (χ0n) is 17.4. The van der Waals surface area contributed by atoms with Gasteiger partial charge in [-0.25, -0.2) is 4.79 Å². The number of hydrogen-bond acceptors (Lipinski definition) is 4. The maximum absolute atomic E-state index is 12.6. The lowest BCUT2D eigenvalue weighted by Crippen LogP contribution is -2.45. The van der Waals surface area contributed by atoms with Crippen molar-refractivity contribution in [2.45, 2.75) is 69.1 Å². The molecule has 8 nitrogen and oxygen atoms in total. The van der Waals surface area contributed by atoms with Crippen molar-refractivity contribution in [3.05, 3.63) is 41.3 Å². The van der Waals surface area contributed by atoms with Gasteiger partial charge in [-0.3, -0.25) is 19.8 Å². The summed E-state index contributed by atoms with van der Waals surface area (Å²) in [6.07, 6.45) is -0.800. The smallest absolute Gasteiger partial charge is 0.417 e. The Kier molecular flexibility index (Phi) is 5.59. The van der Waals surface area contributed by atoms with E-state index in [1.807, 2.05) is 6.92 Å². The van der Waals surface area contributed by atoms with Crippen molar-refractivity contribution in [2.75, 3.05) is 5.32 Å². The zero-order chi connectivity index (χ0) is 23.1. The third-order valence-corrected chi connectivity index (χ3v) is 6.33. The van der Waals surface area contributed by atoms with Gasteiger partial charge in [0.15, 0.2) is 5.82 Å². The molecule has 2 unspecified atom stereocenters. The average Bonchev–Trinajstić information content (AvgIpc) is 3.08. The van der Waals surface area contributed by atoms with Gasteiger partial charge in [-0.1, -0.05) is 0 Å². The molecule has 2 atom stereocenters. The van der Waals surface area contributed by atoms with Crippen LogP contribution in [0.4, 0.5) is 23.8 Å². The SMILES string of the molecule is CC1(N(C(=O)O)C2CCC(c3cc(NC(=O)Cc4ccc(C(F)(F)F)cn4)n[nH]3)C2)CC1. The number of anilines is 1. The number of hydrogen-bond donors (Lipinski definition) is 3. The quantitative estimate of drug-likeness (QED) is 0.610. The van der Waals surface area contributed by atoms with Crippen molar-refractivity contribution in [1.82, 2.24) is 20.1 Å². The number of aromatic amines is 1. The minimum absolute atomic E-state index is 0.0444. The number of alkyl halides is 3. The molecule has 0 bridgehead atoms. The molecule has 2 aromatic heterocycles. The van der Waals surface area contributed by atoms with Crippen LogP contribution in [-0.2, 0) is 17.4 Å². The topological polar surface area (TPSA) is 111 Å². The second kappa shape index (κ2) is 8.10. The Morgan fingerprint density at radius 3 is 2.66 bits per heavy atom. The Hall–Kier alpha value is -3.11. The molecule has 3 N–H and O–H groups in total. The monoisotopic (exact) mass is 451 g/mol. The third-order valence-electron chi connectivity index (χ3n) is 6.33. The van der Waals surface area contributed by atoms with Crippen LogP contribution in [0, 0.1) is 0 Å². The van der Waals surface area contributed by atoms with Gasteiger partial charge in [0.2, 0.25) is 5.91 Å². The number of nitrogens with one attached hydrogen (secondary N) is 2. The van der Waals surface area contributed by atoms with Crippen LogP contribution in [-0.4, -0.2) is 48.8 Å². The maximum Gasteiger partial charge on any atom is 0.417 e. The standard InChI is InChI=1S/C21H24F3N5O3/c1-20(6-7-20)29(19(31)32)15-5-2-12(8-15)16-10-17(28-27-16)26-18(30)9-14-4-3-13(11-25-14)21(22,23)24/h3-4,10-12,15H,2,5-9H2,1H3,(H,31,32)(H2,26,27,28,30). The van der Waals surface area contributed by atoms with E-state index in [0.29, 0.717) is 18.4 Å². The first kappa shape index (κ1) is 22.1. The molecule has 2 aliphatic carbocycles. The summed E-state index contributed by atoms with van der Waals surface area (Å²) in [5, 5.41) is 19.3. The molecule has 4 rings (SSSR count). The number of amides is 2. The number of aromatic nitrogens is 3. The van der Waals surface area contributed by atoms with Crippen LogP contribution in [0.5, 0.6) is 0 Å². The fourth-order valence-corrected chi connectivity index (χ4v) is 4.38. The molecule has 2 aliphatic rings. The van der Waals surface area contributed by atoms with Gasteiger partial charge in [0.05, 0.1) is 12.0 Å². The van der Waals surface area contributed by atoms with Crippen LogP contribution in [0.1, 0.15) is 61.9 Å². The Morgan fingerprint density at radius 1 is 1.31 bits per heavy atom. The fourth-order valence-electron chi connectivity index (χ4n) is 4.38. The number of pyridine rings is 1. The van der Waals surface area contributed by atoms with Gasteiger partial charge in [-0.15, -0.1) is 0 Å². The summed E-state index contributed by atoms with van der Waals surface area (Å²) in [6, 6.07) is 3.74. The highest BCUT2D eigenvalue weighted by Crippen LogP contribution is 2.47. The largest absolute Gasteiger partial charge is 0.465 e. The first-order valence-electron chi connectivity index (χ1n) is 10.4. The van der Waals surface area contributed by atoms with Crippen LogP contribution in [0.15, 0.2) is 24.4 Å². The number of nitrogens with zero attached hydrogens (tertiary/aromatic N) is 3. The molecule has 172 valence electrons. The van der Waals surface area contributed by atoms with Gasteiger partial charge < -0.3 is 10.4 Å². The number of carboxylic acid groups (broad SMARTS) is 1. The van der Waals surface area contributed by atoms with Crippen molar-refractivity contribution in [1.29, 1.82) is 0 Å². The summed E-state index contributed by atoms with van der Waals surface area (Å²) in [4.78, 5) is 29.3. The molecular formula is C21H24F3N5O3. The van der Waals surface area contributed by atoms with E-state index in [0.717, 1.165) is 37.4 Å². The summed E-state index contributed by atoms with van der Waals surface area (Å²) >= 11 is 0. The molecule has 0 aliphatic heterocycles. The van der Waals surface area contributed by atoms with E-state index in [1.54, 1.807) is 11.0 Å². The summed E-state index contributed by atoms with van der Waals surface area (Å²) in [7, 11) is 0. The lowest BCUT2D eigenvalue weighted by atomic mass is 10.0.